The largest absolute Gasteiger partial charge is 0.354 e. The minimum absolute atomic E-state index is 0.102. The van der Waals surface area contributed by atoms with Gasteiger partial charge in [-0.1, -0.05) is 26.8 Å². The Labute approximate surface area is 187 Å². The van der Waals surface area contributed by atoms with Crippen molar-refractivity contribution >= 4 is 29.1 Å². The summed E-state index contributed by atoms with van der Waals surface area (Å²) in [6, 6.07) is 3.86. The molecule has 3 rings (SSSR count). The summed E-state index contributed by atoms with van der Waals surface area (Å²) in [5.74, 6) is -0.438. The quantitative estimate of drug-likeness (QED) is 0.620. The van der Waals surface area contributed by atoms with Gasteiger partial charge in [-0.05, 0) is 37.1 Å². The van der Waals surface area contributed by atoms with Gasteiger partial charge in [-0.2, -0.15) is 0 Å². The van der Waals surface area contributed by atoms with Crippen LogP contribution in [0.2, 0.25) is 0 Å². The minimum Gasteiger partial charge on any atom is -0.354 e. The van der Waals surface area contributed by atoms with Crippen LogP contribution in [0.5, 0.6) is 0 Å². The molecule has 1 aliphatic rings. The Kier molecular flexibility index (Phi) is 7.15. The monoisotopic (exact) mass is 445 g/mol. The first-order chi connectivity index (χ1) is 14.8. The molecule has 0 unspecified atom stereocenters. The van der Waals surface area contributed by atoms with Gasteiger partial charge in [0.2, 0.25) is 5.91 Å². The van der Waals surface area contributed by atoms with Gasteiger partial charge >= 0.3 is 0 Å². The molecule has 8 nitrogen and oxygen atoms in total. The third kappa shape index (κ3) is 4.81. The van der Waals surface area contributed by atoms with Crippen LogP contribution in [0.3, 0.4) is 0 Å². The van der Waals surface area contributed by atoms with Crippen LogP contribution in [0.15, 0.2) is 23.8 Å². The Bertz CT molecular complexity index is 937. The molecule has 0 saturated carbocycles. The fourth-order valence-corrected chi connectivity index (χ4v) is 4.40. The maximum Gasteiger partial charge on any atom is 0.273 e. The van der Waals surface area contributed by atoms with Gasteiger partial charge in [0, 0.05) is 18.0 Å². The van der Waals surface area contributed by atoms with E-state index in [1.807, 2.05) is 24.4 Å². The second-order valence-corrected chi connectivity index (χ2v) is 9.53. The summed E-state index contributed by atoms with van der Waals surface area (Å²) in [4.78, 5) is 46.1. The third-order valence-electron chi connectivity index (χ3n) is 5.52. The van der Waals surface area contributed by atoms with Crippen LogP contribution in [0.25, 0.3) is 0 Å². The Morgan fingerprint density at radius 1 is 1.32 bits per heavy atom. The zero-order valence-corrected chi connectivity index (χ0v) is 19.4. The molecule has 2 aromatic heterocycles. The van der Waals surface area contributed by atoms with Gasteiger partial charge in [-0.15, -0.1) is 11.3 Å². The number of thiophene rings is 1. The number of imidazole rings is 1. The zero-order valence-electron chi connectivity index (χ0n) is 18.6. The number of nitrogens with one attached hydrogen (secondary N) is 2. The molecule has 0 aliphatic carbocycles. The lowest BCUT2D eigenvalue weighted by atomic mass is 9.93. The van der Waals surface area contributed by atoms with E-state index >= 15 is 0 Å². The first kappa shape index (κ1) is 23.0. The van der Waals surface area contributed by atoms with E-state index < -0.39 is 11.4 Å². The Hall–Kier alpha value is -2.68. The Morgan fingerprint density at radius 3 is 2.74 bits per heavy atom. The first-order valence-electron chi connectivity index (χ1n) is 10.7. The lowest BCUT2D eigenvalue weighted by molar-refractivity contribution is -0.132. The molecule has 0 radical (unpaired) electrons. The number of fused-ring (bicyclic) bond motifs is 1. The van der Waals surface area contributed by atoms with Crippen molar-refractivity contribution in [1.82, 2.24) is 25.1 Å². The molecule has 3 heterocycles. The summed E-state index contributed by atoms with van der Waals surface area (Å²) >= 11 is 1.55. The summed E-state index contributed by atoms with van der Waals surface area (Å²) in [5, 5.41) is 7.76. The molecule has 0 saturated heterocycles. The van der Waals surface area contributed by atoms with Crippen LogP contribution in [0.1, 0.15) is 66.4 Å². The molecule has 1 aliphatic heterocycles. The number of amides is 3. The summed E-state index contributed by atoms with van der Waals surface area (Å²) in [6.07, 6.45) is 3.05. The predicted molar refractivity (Wildman–Crippen MR) is 120 cm³/mol. The highest BCUT2D eigenvalue weighted by molar-refractivity contribution is 7.09. The number of carbonyl (C=O) groups excluding carboxylic acids is 3. The van der Waals surface area contributed by atoms with Crippen molar-refractivity contribution < 1.29 is 14.4 Å². The van der Waals surface area contributed by atoms with E-state index in [1.165, 1.54) is 6.33 Å². The predicted octanol–water partition coefficient (Wildman–Crippen LogP) is 2.66. The Balaban J connectivity index is 1.82. The SMILES string of the molecule is CCCN1C(=O)c2c(C(=O)NCc3cccs3)ncn2C[C@]1(C)C(=O)NCCC(C)C. The van der Waals surface area contributed by atoms with Crippen LogP contribution >= 0.6 is 11.3 Å². The van der Waals surface area contributed by atoms with Crippen molar-refractivity contribution in [1.29, 1.82) is 0 Å². The van der Waals surface area contributed by atoms with E-state index in [4.69, 9.17) is 0 Å². The third-order valence-corrected chi connectivity index (χ3v) is 6.40. The minimum atomic E-state index is -1.04. The van der Waals surface area contributed by atoms with Crippen molar-refractivity contribution in [3.05, 3.63) is 40.1 Å². The number of carbonyl (C=O) groups is 3. The maximum atomic E-state index is 13.4. The van der Waals surface area contributed by atoms with Crippen LogP contribution in [0, 0.1) is 5.92 Å². The number of hydrogen-bond acceptors (Lipinski definition) is 5. The standard InChI is InChI=1S/C22H31N5O3S/c1-5-10-27-20(29)18-17(19(28)24-12-16-7-6-11-31-16)25-14-26(18)13-22(27,4)21(30)23-9-8-15(2)3/h6-7,11,14-15H,5,8-10,12-13H2,1-4H3,(H,23,30)(H,24,28)/t22-/m1/s1. The average molecular weight is 446 g/mol. The van der Waals surface area contributed by atoms with Gasteiger partial charge < -0.3 is 20.1 Å². The summed E-state index contributed by atoms with van der Waals surface area (Å²) in [5.41, 5.74) is -0.697. The van der Waals surface area contributed by atoms with E-state index in [1.54, 1.807) is 27.7 Å². The van der Waals surface area contributed by atoms with Gasteiger partial charge in [-0.3, -0.25) is 14.4 Å². The topological polar surface area (TPSA) is 96.3 Å². The second-order valence-electron chi connectivity index (χ2n) is 8.50. The summed E-state index contributed by atoms with van der Waals surface area (Å²) in [7, 11) is 0. The van der Waals surface area contributed by atoms with Crippen LogP contribution in [-0.4, -0.2) is 50.8 Å². The molecule has 9 heteroatoms. The van der Waals surface area contributed by atoms with Crippen molar-refractivity contribution in [2.45, 2.75) is 59.2 Å². The molecular formula is C22H31N5O3S. The molecule has 3 amide bonds. The van der Waals surface area contributed by atoms with Crippen molar-refractivity contribution in [2.24, 2.45) is 5.92 Å². The fourth-order valence-electron chi connectivity index (χ4n) is 3.76. The fraction of sp³-hybridized carbons (Fsp3) is 0.545. The van der Waals surface area contributed by atoms with E-state index in [9.17, 15) is 14.4 Å². The summed E-state index contributed by atoms with van der Waals surface area (Å²) < 4.78 is 1.64. The highest BCUT2D eigenvalue weighted by Crippen LogP contribution is 2.29. The highest BCUT2D eigenvalue weighted by Gasteiger charge is 2.48. The van der Waals surface area contributed by atoms with Crippen molar-refractivity contribution in [2.75, 3.05) is 13.1 Å². The van der Waals surface area contributed by atoms with E-state index in [0.29, 0.717) is 32.0 Å². The second kappa shape index (κ2) is 9.64. The summed E-state index contributed by atoms with van der Waals surface area (Å²) in [6.45, 7) is 9.57. The zero-order chi connectivity index (χ0) is 22.6. The molecule has 168 valence electrons. The molecule has 1 atom stereocenters. The highest BCUT2D eigenvalue weighted by atomic mass is 32.1. The number of aromatic nitrogens is 2. The van der Waals surface area contributed by atoms with Gasteiger partial charge in [0.1, 0.15) is 11.2 Å². The van der Waals surface area contributed by atoms with E-state index in [0.717, 1.165) is 11.3 Å². The van der Waals surface area contributed by atoms with Gasteiger partial charge in [0.15, 0.2) is 5.69 Å². The van der Waals surface area contributed by atoms with Crippen molar-refractivity contribution in [3.8, 4) is 0 Å². The first-order valence-corrected chi connectivity index (χ1v) is 11.6. The molecule has 0 bridgehead atoms. The normalized spacial score (nSPS) is 18.2. The van der Waals surface area contributed by atoms with Crippen LogP contribution < -0.4 is 10.6 Å². The molecule has 0 aromatic carbocycles. The molecule has 2 N–H and O–H groups in total. The maximum absolute atomic E-state index is 13.4. The lowest BCUT2D eigenvalue weighted by Gasteiger charge is -2.43. The molecule has 31 heavy (non-hydrogen) atoms. The molecule has 0 spiro atoms. The van der Waals surface area contributed by atoms with Gasteiger partial charge in [0.05, 0.1) is 19.4 Å². The Morgan fingerprint density at radius 2 is 2.10 bits per heavy atom. The molecule has 0 fully saturated rings. The number of nitrogens with zero attached hydrogens (tertiary/aromatic N) is 3. The average Bonchev–Trinajstić information content (AvgIpc) is 3.38. The molecular weight excluding hydrogens is 414 g/mol. The van der Waals surface area contributed by atoms with E-state index in [-0.39, 0.29) is 29.7 Å². The van der Waals surface area contributed by atoms with Crippen LogP contribution in [0.4, 0.5) is 0 Å². The van der Waals surface area contributed by atoms with Crippen LogP contribution in [-0.2, 0) is 17.9 Å². The van der Waals surface area contributed by atoms with Crippen molar-refractivity contribution in [3.63, 3.8) is 0 Å². The molecule has 2 aromatic rings. The number of hydrogen-bond donors (Lipinski definition) is 2. The van der Waals surface area contributed by atoms with Gasteiger partial charge in [0.25, 0.3) is 11.8 Å². The number of rotatable bonds is 9. The smallest absolute Gasteiger partial charge is 0.273 e. The lowest BCUT2D eigenvalue weighted by Crippen LogP contribution is -2.64. The van der Waals surface area contributed by atoms with E-state index in [2.05, 4.69) is 29.5 Å². The van der Waals surface area contributed by atoms with Gasteiger partial charge in [-0.25, -0.2) is 4.98 Å².